The minimum Gasteiger partial charge on any atom is -0.458 e. The van der Waals surface area contributed by atoms with E-state index >= 15 is 0 Å². The molecule has 100 valence electrons. The Labute approximate surface area is 103 Å². The molecule has 0 spiro atoms. The summed E-state index contributed by atoms with van der Waals surface area (Å²) in [4.78, 5) is 10.4. The quantitative estimate of drug-likeness (QED) is 0.847. The van der Waals surface area contributed by atoms with Gasteiger partial charge in [0.05, 0.1) is 5.56 Å². The fourth-order valence-corrected chi connectivity index (χ4v) is 1.71. The molecule has 0 radical (unpaired) electrons. The summed E-state index contributed by atoms with van der Waals surface area (Å²) in [5.74, 6) is 0. The molecule has 0 bridgehead atoms. The zero-order valence-electron chi connectivity index (χ0n) is 9.99. The fourth-order valence-electron chi connectivity index (χ4n) is 1.71. The predicted octanol–water partition coefficient (Wildman–Crippen LogP) is 2.58. The maximum atomic E-state index is 12.7. The van der Waals surface area contributed by atoms with Crippen LogP contribution in [0.15, 0.2) is 18.2 Å². The van der Waals surface area contributed by atoms with Crippen molar-refractivity contribution in [1.82, 2.24) is 0 Å². The molecule has 6 heteroatoms. The second kappa shape index (κ2) is 5.39. The minimum atomic E-state index is -4.44. The number of alkyl halides is 3. The van der Waals surface area contributed by atoms with Crippen molar-refractivity contribution >= 4 is 6.47 Å². The van der Waals surface area contributed by atoms with Gasteiger partial charge in [0, 0.05) is 6.04 Å². The maximum Gasteiger partial charge on any atom is 0.416 e. The van der Waals surface area contributed by atoms with Gasteiger partial charge in [-0.25, -0.2) is 0 Å². The highest BCUT2D eigenvalue weighted by molar-refractivity contribution is 5.40. The van der Waals surface area contributed by atoms with Crippen molar-refractivity contribution in [3.8, 4) is 0 Å². The van der Waals surface area contributed by atoms with E-state index in [9.17, 15) is 18.0 Å². The molecule has 0 aliphatic rings. The molecule has 2 atom stereocenters. The van der Waals surface area contributed by atoms with Crippen LogP contribution in [0.4, 0.5) is 13.2 Å². The van der Waals surface area contributed by atoms with Crippen LogP contribution in [-0.4, -0.2) is 12.5 Å². The number of rotatable bonds is 4. The fraction of sp³-hybridized carbons (Fsp3) is 0.417. The van der Waals surface area contributed by atoms with Gasteiger partial charge in [-0.2, -0.15) is 13.2 Å². The molecule has 0 saturated carbocycles. The van der Waals surface area contributed by atoms with Gasteiger partial charge in [0.15, 0.2) is 0 Å². The van der Waals surface area contributed by atoms with Gasteiger partial charge in [0.2, 0.25) is 0 Å². The van der Waals surface area contributed by atoms with E-state index in [1.807, 2.05) is 0 Å². The lowest BCUT2D eigenvalue weighted by Crippen LogP contribution is -2.27. The summed E-state index contributed by atoms with van der Waals surface area (Å²) in [6, 6.07) is 2.90. The summed E-state index contributed by atoms with van der Waals surface area (Å²) in [6.07, 6.45) is -5.33. The number of halogens is 3. The molecule has 1 aromatic rings. The molecular formula is C12H14F3NO2. The molecule has 18 heavy (non-hydrogen) atoms. The number of nitrogens with two attached hydrogens (primary N) is 1. The second-order valence-corrected chi connectivity index (χ2v) is 4.14. The van der Waals surface area contributed by atoms with Crippen molar-refractivity contribution in [3.05, 3.63) is 34.9 Å². The molecule has 0 amide bonds. The SMILES string of the molecule is Cc1cc([C@@H](OC=O)[C@H](C)N)cc(C(F)(F)F)c1. The number of ether oxygens (including phenoxy) is 1. The first-order valence-electron chi connectivity index (χ1n) is 5.29. The molecule has 2 N–H and O–H groups in total. The Morgan fingerprint density at radius 1 is 1.33 bits per heavy atom. The standard InChI is InChI=1S/C12H14F3NO2/c1-7-3-9(11(8(2)16)18-6-17)5-10(4-7)12(13,14)15/h3-6,8,11H,16H2,1-2H3/t8-,11-/m0/s1. The molecule has 0 aliphatic heterocycles. The maximum absolute atomic E-state index is 12.7. The van der Waals surface area contributed by atoms with E-state index in [4.69, 9.17) is 10.5 Å². The number of hydrogen-bond donors (Lipinski definition) is 1. The molecule has 0 saturated heterocycles. The van der Waals surface area contributed by atoms with Crippen LogP contribution >= 0.6 is 0 Å². The molecule has 3 nitrogen and oxygen atoms in total. The first kappa shape index (κ1) is 14.5. The third kappa shape index (κ3) is 3.46. The molecule has 0 heterocycles. The van der Waals surface area contributed by atoms with Crippen molar-refractivity contribution in [3.63, 3.8) is 0 Å². The van der Waals surface area contributed by atoms with Gasteiger partial charge in [-0.1, -0.05) is 11.6 Å². The van der Waals surface area contributed by atoms with Gasteiger partial charge in [-0.05, 0) is 31.5 Å². The zero-order valence-corrected chi connectivity index (χ0v) is 9.99. The molecule has 0 aromatic heterocycles. The summed E-state index contributed by atoms with van der Waals surface area (Å²) in [5.41, 5.74) is 5.49. The molecule has 0 unspecified atom stereocenters. The third-order valence-electron chi connectivity index (χ3n) is 2.44. The monoisotopic (exact) mass is 261 g/mol. The van der Waals surface area contributed by atoms with Crippen LogP contribution in [0.2, 0.25) is 0 Å². The van der Waals surface area contributed by atoms with E-state index in [0.29, 0.717) is 5.56 Å². The Kier molecular flexibility index (Phi) is 4.34. The molecule has 0 aliphatic carbocycles. The smallest absolute Gasteiger partial charge is 0.416 e. The Hall–Kier alpha value is -1.56. The van der Waals surface area contributed by atoms with Crippen LogP contribution in [-0.2, 0) is 15.7 Å². The highest BCUT2D eigenvalue weighted by atomic mass is 19.4. The van der Waals surface area contributed by atoms with Crippen molar-refractivity contribution < 1.29 is 22.7 Å². The van der Waals surface area contributed by atoms with Crippen LogP contribution in [0.5, 0.6) is 0 Å². The van der Waals surface area contributed by atoms with E-state index in [1.54, 1.807) is 6.92 Å². The zero-order chi connectivity index (χ0) is 13.9. The largest absolute Gasteiger partial charge is 0.458 e. The van der Waals surface area contributed by atoms with Crippen molar-refractivity contribution in [2.24, 2.45) is 5.73 Å². The number of carbonyl (C=O) groups excluding carboxylic acids is 1. The van der Waals surface area contributed by atoms with Gasteiger partial charge in [-0.3, -0.25) is 4.79 Å². The Morgan fingerprint density at radius 3 is 2.39 bits per heavy atom. The molecule has 1 rings (SSSR count). The van der Waals surface area contributed by atoms with Crippen LogP contribution in [0.25, 0.3) is 0 Å². The Balaban J connectivity index is 3.23. The first-order chi connectivity index (χ1) is 8.25. The van der Waals surface area contributed by atoms with Gasteiger partial charge in [-0.15, -0.1) is 0 Å². The molecule has 1 aromatic carbocycles. The van der Waals surface area contributed by atoms with Crippen molar-refractivity contribution in [1.29, 1.82) is 0 Å². The number of benzene rings is 1. The normalized spacial score (nSPS) is 15.0. The van der Waals surface area contributed by atoms with Crippen molar-refractivity contribution in [2.75, 3.05) is 0 Å². The van der Waals surface area contributed by atoms with Crippen LogP contribution in [0.1, 0.15) is 29.7 Å². The summed E-state index contributed by atoms with van der Waals surface area (Å²) in [6.45, 7) is 3.28. The summed E-state index contributed by atoms with van der Waals surface area (Å²) < 4.78 is 42.7. The van der Waals surface area contributed by atoms with Crippen molar-refractivity contribution in [2.45, 2.75) is 32.2 Å². The van der Waals surface area contributed by atoms with E-state index < -0.39 is 23.9 Å². The first-order valence-corrected chi connectivity index (χ1v) is 5.29. The molecule has 0 fully saturated rings. The van der Waals surface area contributed by atoms with Gasteiger partial charge in [0.1, 0.15) is 6.10 Å². The number of hydrogen-bond acceptors (Lipinski definition) is 3. The third-order valence-corrected chi connectivity index (χ3v) is 2.44. The summed E-state index contributed by atoms with van der Waals surface area (Å²) in [5, 5.41) is 0. The predicted molar refractivity (Wildman–Crippen MR) is 59.7 cm³/mol. The highest BCUT2D eigenvalue weighted by Gasteiger charge is 2.32. The highest BCUT2D eigenvalue weighted by Crippen LogP contribution is 2.32. The Bertz CT molecular complexity index is 430. The van der Waals surface area contributed by atoms with Crippen LogP contribution in [0, 0.1) is 6.92 Å². The number of aryl methyl sites for hydroxylation is 1. The second-order valence-electron chi connectivity index (χ2n) is 4.14. The van der Waals surface area contributed by atoms with Crippen LogP contribution in [0.3, 0.4) is 0 Å². The average Bonchev–Trinajstić information content (AvgIpc) is 2.23. The van der Waals surface area contributed by atoms with E-state index in [-0.39, 0.29) is 12.0 Å². The molecular weight excluding hydrogens is 247 g/mol. The Morgan fingerprint density at radius 2 is 1.94 bits per heavy atom. The summed E-state index contributed by atoms with van der Waals surface area (Å²) >= 11 is 0. The van der Waals surface area contributed by atoms with E-state index in [0.717, 1.165) is 12.1 Å². The lowest BCUT2D eigenvalue weighted by Gasteiger charge is -2.21. The number of carbonyl (C=O) groups is 1. The summed E-state index contributed by atoms with van der Waals surface area (Å²) in [7, 11) is 0. The lowest BCUT2D eigenvalue weighted by atomic mass is 9.98. The van der Waals surface area contributed by atoms with E-state index in [2.05, 4.69) is 0 Å². The minimum absolute atomic E-state index is 0.184. The van der Waals surface area contributed by atoms with Gasteiger partial charge >= 0.3 is 6.18 Å². The van der Waals surface area contributed by atoms with Crippen LogP contribution < -0.4 is 5.73 Å². The van der Waals surface area contributed by atoms with Gasteiger partial charge in [0.25, 0.3) is 6.47 Å². The van der Waals surface area contributed by atoms with E-state index in [1.165, 1.54) is 13.0 Å². The lowest BCUT2D eigenvalue weighted by molar-refractivity contribution is -0.137. The average molecular weight is 261 g/mol. The van der Waals surface area contributed by atoms with Gasteiger partial charge < -0.3 is 10.5 Å². The topological polar surface area (TPSA) is 52.3 Å².